The van der Waals surface area contributed by atoms with Crippen molar-refractivity contribution >= 4 is 33.0 Å². The number of ketones is 1. The molecule has 0 bridgehead atoms. The summed E-state index contributed by atoms with van der Waals surface area (Å²) in [5.41, 5.74) is 0.800. The van der Waals surface area contributed by atoms with E-state index >= 15 is 0 Å². The van der Waals surface area contributed by atoms with Crippen LogP contribution >= 0.6 is 27.3 Å². The number of hydrogen-bond donors (Lipinski definition) is 2. The van der Waals surface area contributed by atoms with Crippen LogP contribution in [-0.4, -0.2) is 17.4 Å². The van der Waals surface area contributed by atoms with Gasteiger partial charge in [0, 0.05) is 13.0 Å². The second kappa shape index (κ2) is 6.96. The van der Waals surface area contributed by atoms with E-state index < -0.39 is 6.23 Å². The van der Waals surface area contributed by atoms with Crippen molar-refractivity contribution in [2.24, 2.45) is 0 Å². The molecule has 0 saturated heterocycles. The molecule has 100 valence electrons. The molecule has 1 heterocycles. The van der Waals surface area contributed by atoms with Gasteiger partial charge in [-0.15, -0.1) is 11.3 Å². The molecule has 0 aliphatic carbocycles. The average Bonchev–Trinajstić information content (AvgIpc) is 2.86. The fourth-order valence-electron chi connectivity index (χ4n) is 1.66. The van der Waals surface area contributed by atoms with Crippen LogP contribution in [0, 0.1) is 0 Å². The van der Waals surface area contributed by atoms with E-state index in [1.165, 1.54) is 11.3 Å². The Morgan fingerprint density at radius 3 is 2.63 bits per heavy atom. The zero-order chi connectivity index (χ0) is 13.7. The Labute approximate surface area is 124 Å². The van der Waals surface area contributed by atoms with Crippen molar-refractivity contribution in [3.05, 3.63) is 56.7 Å². The number of halogens is 1. The SMILES string of the molecule is O=C(CCNC(O)c1ccccc1)c1ccc(Br)s1. The normalized spacial score (nSPS) is 12.3. The largest absolute Gasteiger partial charge is 0.374 e. The van der Waals surface area contributed by atoms with Gasteiger partial charge < -0.3 is 5.11 Å². The van der Waals surface area contributed by atoms with Crippen molar-refractivity contribution in [2.75, 3.05) is 6.54 Å². The number of Topliss-reactive ketones (excluding diaryl/α,β-unsaturated/α-hetero) is 1. The van der Waals surface area contributed by atoms with Gasteiger partial charge in [-0.3, -0.25) is 10.1 Å². The van der Waals surface area contributed by atoms with E-state index in [9.17, 15) is 9.90 Å². The van der Waals surface area contributed by atoms with Gasteiger partial charge in [0.25, 0.3) is 0 Å². The fourth-order valence-corrected chi connectivity index (χ4v) is 3.02. The van der Waals surface area contributed by atoms with E-state index in [4.69, 9.17) is 0 Å². The highest BCUT2D eigenvalue weighted by Crippen LogP contribution is 2.23. The summed E-state index contributed by atoms with van der Waals surface area (Å²) >= 11 is 4.76. The van der Waals surface area contributed by atoms with Crippen molar-refractivity contribution < 1.29 is 9.90 Å². The average molecular weight is 340 g/mol. The van der Waals surface area contributed by atoms with Crippen LogP contribution in [0.25, 0.3) is 0 Å². The van der Waals surface area contributed by atoms with E-state index in [0.717, 1.165) is 14.2 Å². The maximum absolute atomic E-state index is 11.8. The van der Waals surface area contributed by atoms with Gasteiger partial charge in [0.05, 0.1) is 8.66 Å². The van der Waals surface area contributed by atoms with Crippen molar-refractivity contribution in [3.63, 3.8) is 0 Å². The van der Waals surface area contributed by atoms with E-state index in [1.807, 2.05) is 42.5 Å². The molecule has 0 radical (unpaired) electrons. The molecule has 1 aromatic carbocycles. The minimum Gasteiger partial charge on any atom is -0.374 e. The highest BCUT2D eigenvalue weighted by molar-refractivity contribution is 9.11. The van der Waals surface area contributed by atoms with E-state index in [-0.39, 0.29) is 5.78 Å². The van der Waals surface area contributed by atoms with Gasteiger partial charge >= 0.3 is 0 Å². The molecular weight excluding hydrogens is 326 g/mol. The number of benzene rings is 1. The summed E-state index contributed by atoms with van der Waals surface area (Å²) in [4.78, 5) is 12.6. The lowest BCUT2D eigenvalue weighted by molar-refractivity contribution is 0.0968. The summed E-state index contributed by atoms with van der Waals surface area (Å²) in [6, 6.07) is 13.0. The molecule has 1 aromatic heterocycles. The van der Waals surface area contributed by atoms with Crippen LogP contribution in [0.4, 0.5) is 0 Å². The molecule has 0 aliphatic rings. The Hall–Kier alpha value is -1.01. The topological polar surface area (TPSA) is 49.3 Å². The van der Waals surface area contributed by atoms with Gasteiger partial charge in [-0.1, -0.05) is 30.3 Å². The molecule has 2 aromatic rings. The monoisotopic (exact) mass is 339 g/mol. The molecule has 0 spiro atoms. The first-order valence-electron chi connectivity index (χ1n) is 5.92. The van der Waals surface area contributed by atoms with Crippen LogP contribution in [0.3, 0.4) is 0 Å². The Balaban J connectivity index is 1.79. The molecule has 0 fully saturated rings. The third-order valence-electron chi connectivity index (χ3n) is 2.65. The standard InChI is InChI=1S/C14H14BrNO2S/c15-13-7-6-12(19-13)11(17)8-9-16-14(18)10-4-2-1-3-5-10/h1-7,14,16,18H,8-9H2. The second-order valence-corrected chi connectivity index (χ2v) is 6.51. The summed E-state index contributed by atoms with van der Waals surface area (Å²) in [5, 5.41) is 12.8. The van der Waals surface area contributed by atoms with Crippen LogP contribution in [0.5, 0.6) is 0 Å². The van der Waals surface area contributed by atoms with Crippen LogP contribution in [0.15, 0.2) is 46.3 Å². The molecular formula is C14H14BrNO2S. The number of aliphatic hydroxyl groups is 1. The van der Waals surface area contributed by atoms with E-state index in [2.05, 4.69) is 21.2 Å². The molecule has 1 unspecified atom stereocenters. The van der Waals surface area contributed by atoms with Crippen LogP contribution in [-0.2, 0) is 0 Å². The summed E-state index contributed by atoms with van der Waals surface area (Å²) in [5.74, 6) is 0.0865. The highest BCUT2D eigenvalue weighted by Gasteiger charge is 2.10. The number of hydrogen-bond acceptors (Lipinski definition) is 4. The van der Waals surface area contributed by atoms with Gasteiger partial charge in [0.1, 0.15) is 6.23 Å². The smallest absolute Gasteiger partial charge is 0.174 e. The summed E-state index contributed by atoms with van der Waals surface area (Å²) < 4.78 is 0.952. The van der Waals surface area contributed by atoms with Gasteiger partial charge in [-0.05, 0) is 33.6 Å². The van der Waals surface area contributed by atoms with Crippen LogP contribution in [0.2, 0.25) is 0 Å². The fraction of sp³-hybridized carbons (Fsp3) is 0.214. The van der Waals surface area contributed by atoms with E-state index in [0.29, 0.717) is 13.0 Å². The van der Waals surface area contributed by atoms with Crippen LogP contribution in [0.1, 0.15) is 27.9 Å². The molecule has 1 atom stereocenters. The molecule has 2 rings (SSSR count). The first kappa shape index (κ1) is 14.4. The van der Waals surface area contributed by atoms with Crippen molar-refractivity contribution in [1.29, 1.82) is 0 Å². The van der Waals surface area contributed by atoms with Crippen molar-refractivity contribution in [2.45, 2.75) is 12.6 Å². The molecule has 5 heteroatoms. The third kappa shape index (κ3) is 4.24. The number of nitrogens with one attached hydrogen (secondary N) is 1. The Morgan fingerprint density at radius 2 is 2.00 bits per heavy atom. The summed E-state index contributed by atoms with van der Waals surface area (Å²) in [7, 11) is 0. The highest BCUT2D eigenvalue weighted by atomic mass is 79.9. The van der Waals surface area contributed by atoms with Gasteiger partial charge in [-0.2, -0.15) is 0 Å². The predicted octanol–water partition coefficient (Wildman–Crippen LogP) is 3.36. The number of carbonyl (C=O) groups excluding carboxylic acids is 1. The zero-order valence-corrected chi connectivity index (χ0v) is 12.6. The summed E-state index contributed by atoms with van der Waals surface area (Å²) in [6.45, 7) is 0.449. The van der Waals surface area contributed by atoms with Gasteiger partial charge in [-0.25, -0.2) is 0 Å². The number of aliphatic hydroxyl groups excluding tert-OH is 1. The Kier molecular flexibility index (Phi) is 5.27. The number of rotatable bonds is 6. The Morgan fingerprint density at radius 1 is 1.26 bits per heavy atom. The zero-order valence-electron chi connectivity index (χ0n) is 10.2. The molecule has 0 amide bonds. The van der Waals surface area contributed by atoms with Gasteiger partial charge in [0.15, 0.2) is 5.78 Å². The predicted molar refractivity (Wildman–Crippen MR) is 80.4 cm³/mol. The van der Waals surface area contributed by atoms with Crippen molar-refractivity contribution in [1.82, 2.24) is 5.32 Å². The summed E-state index contributed by atoms with van der Waals surface area (Å²) in [6.07, 6.45) is -0.360. The van der Waals surface area contributed by atoms with Crippen molar-refractivity contribution in [3.8, 4) is 0 Å². The quantitative estimate of drug-likeness (QED) is 0.626. The number of carbonyl (C=O) groups is 1. The van der Waals surface area contributed by atoms with E-state index in [1.54, 1.807) is 0 Å². The third-order valence-corrected chi connectivity index (χ3v) is 4.32. The first-order valence-corrected chi connectivity index (χ1v) is 7.52. The minimum absolute atomic E-state index is 0.0865. The molecule has 0 saturated carbocycles. The maximum atomic E-state index is 11.8. The Bertz CT molecular complexity index is 541. The second-order valence-electron chi connectivity index (χ2n) is 4.04. The lowest BCUT2D eigenvalue weighted by atomic mass is 10.2. The van der Waals surface area contributed by atoms with Gasteiger partial charge in [0.2, 0.25) is 0 Å². The van der Waals surface area contributed by atoms with Crippen LogP contribution < -0.4 is 5.32 Å². The number of thiophene rings is 1. The molecule has 0 aliphatic heterocycles. The lowest BCUT2D eigenvalue weighted by Gasteiger charge is -2.12. The first-order chi connectivity index (χ1) is 9.16. The molecule has 2 N–H and O–H groups in total. The minimum atomic E-state index is -0.732. The lowest BCUT2D eigenvalue weighted by Crippen LogP contribution is -2.23. The molecule has 3 nitrogen and oxygen atoms in total. The molecule has 19 heavy (non-hydrogen) atoms. The maximum Gasteiger partial charge on any atom is 0.174 e.